The molecule has 0 atom stereocenters. The molecule has 1 aliphatic heterocycles. The largest absolute Gasteiger partial charge is 0.382 e. The minimum absolute atomic E-state index is 0.274. The predicted octanol–water partition coefficient (Wildman–Crippen LogP) is 0.885. The lowest BCUT2D eigenvalue weighted by Gasteiger charge is -2.28. The minimum Gasteiger partial charge on any atom is -0.382 e. The normalized spacial score (nSPS) is 18.9. The molecule has 0 aromatic carbocycles. The highest BCUT2D eigenvalue weighted by Crippen LogP contribution is 2.15. The van der Waals surface area contributed by atoms with Crippen LogP contribution in [0.5, 0.6) is 0 Å². The van der Waals surface area contributed by atoms with E-state index >= 15 is 0 Å². The second-order valence-corrected chi connectivity index (χ2v) is 3.85. The number of methoxy groups -OCH3 is 1. The van der Waals surface area contributed by atoms with Gasteiger partial charge in [0.05, 0.1) is 25.9 Å². The Balaban J connectivity index is 1.97. The molecule has 0 spiro atoms. The van der Waals surface area contributed by atoms with Crippen molar-refractivity contribution in [3.63, 3.8) is 0 Å². The zero-order chi connectivity index (χ0) is 10.9. The number of nitrogens with zero attached hydrogens (tertiary/aromatic N) is 2. The van der Waals surface area contributed by atoms with Crippen LogP contribution in [0.25, 0.3) is 0 Å². The first-order chi connectivity index (χ1) is 7.36. The van der Waals surface area contributed by atoms with Gasteiger partial charge in [-0.1, -0.05) is 0 Å². The van der Waals surface area contributed by atoms with Crippen molar-refractivity contribution in [1.82, 2.24) is 4.90 Å². The summed E-state index contributed by atoms with van der Waals surface area (Å²) in [6.45, 7) is 5.14. The second-order valence-electron chi connectivity index (χ2n) is 3.85. The van der Waals surface area contributed by atoms with Crippen LogP contribution >= 0.6 is 0 Å². The van der Waals surface area contributed by atoms with E-state index in [1.54, 1.807) is 7.11 Å². The number of rotatable bonds is 6. The molecule has 0 bridgehead atoms. The van der Waals surface area contributed by atoms with Crippen molar-refractivity contribution < 1.29 is 9.47 Å². The molecule has 15 heavy (non-hydrogen) atoms. The van der Waals surface area contributed by atoms with Crippen LogP contribution in [-0.2, 0) is 9.47 Å². The molecule has 1 heterocycles. The zero-order valence-corrected chi connectivity index (χ0v) is 9.45. The Hall–Kier alpha value is -0.630. The molecule has 4 nitrogen and oxygen atoms in total. The van der Waals surface area contributed by atoms with Crippen LogP contribution in [0, 0.1) is 17.2 Å². The highest BCUT2D eigenvalue weighted by atomic mass is 16.5. The lowest BCUT2D eigenvalue weighted by molar-refractivity contribution is 0.0526. The summed E-state index contributed by atoms with van der Waals surface area (Å²) in [4.78, 5) is 2.36. The molecule has 1 rings (SSSR count). The van der Waals surface area contributed by atoms with Gasteiger partial charge in [0.1, 0.15) is 0 Å². The van der Waals surface area contributed by atoms with Gasteiger partial charge in [0, 0.05) is 19.6 Å². The van der Waals surface area contributed by atoms with E-state index < -0.39 is 0 Å². The van der Waals surface area contributed by atoms with Crippen LogP contribution in [0.3, 0.4) is 0 Å². The van der Waals surface area contributed by atoms with E-state index in [1.807, 2.05) is 0 Å². The summed E-state index contributed by atoms with van der Waals surface area (Å²) < 4.78 is 10.3. The Morgan fingerprint density at radius 3 is 2.60 bits per heavy atom. The second kappa shape index (κ2) is 7.63. The van der Waals surface area contributed by atoms with Gasteiger partial charge in [-0.15, -0.1) is 0 Å². The molecule has 0 N–H and O–H groups in total. The number of likely N-dealkylation sites (tertiary alicyclic amines) is 1. The lowest BCUT2D eigenvalue weighted by Crippen LogP contribution is -2.35. The summed E-state index contributed by atoms with van der Waals surface area (Å²) >= 11 is 0. The van der Waals surface area contributed by atoms with Crippen molar-refractivity contribution in [3.8, 4) is 6.07 Å². The number of ether oxygens (including phenoxy) is 2. The summed E-state index contributed by atoms with van der Waals surface area (Å²) in [6, 6.07) is 2.33. The van der Waals surface area contributed by atoms with Gasteiger partial charge >= 0.3 is 0 Å². The molecular formula is C11H20N2O2. The third-order valence-electron chi connectivity index (χ3n) is 2.75. The van der Waals surface area contributed by atoms with E-state index in [1.165, 1.54) is 0 Å². The van der Waals surface area contributed by atoms with Crippen molar-refractivity contribution in [3.05, 3.63) is 0 Å². The average Bonchev–Trinajstić information content (AvgIpc) is 2.30. The maximum atomic E-state index is 8.74. The van der Waals surface area contributed by atoms with Gasteiger partial charge in [0.15, 0.2) is 0 Å². The van der Waals surface area contributed by atoms with E-state index in [4.69, 9.17) is 14.7 Å². The lowest BCUT2D eigenvalue weighted by atomic mass is 9.99. The Morgan fingerprint density at radius 1 is 1.27 bits per heavy atom. The quantitative estimate of drug-likeness (QED) is 0.613. The van der Waals surface area contributed by atoms with E-state index in [-0.39, 0.29) is 5.92 Å². The third kappa shape index (κ3) is 5.12. The topological polar surface area (TPSA) is 45.5 Å². The molecule has 0 radical (unpaired) electrons. The monoisotopic (exact) mass is 212 g/mol. The number of hydrogen-bond acceptors (Lipinski definition) is 4. The van der Waals surface area contributed by atoms with Crippen LogP contribution < -0.4 is 0 Å². The molecule has 4 heteroatoms. The summed E-state index contributed by atoms with van der Waals surface area (Å²) in [5.74, 6) is 0.274. The molecule has 1 aliphatic rings. The standard InChI is InChI=1S/C11H20N2O2/c1-14-8-9-15-7-6-13-4-2-11(10-12)3-5-13/h11H,2-9H2,1H3. The fourth-order valence-electron chi connectivity index (χ4n) is 1.72. The Bertz CT molecular complexity index is 195. The Labute approximate surface area is 91.8 Å². The SMILES string of the molecule is COCCOCCN1CCC(C#N)CC1. The molecule has 0 aromatic heterocycles. The fraction of sp³-hybridized carbons (Fsp3) is 0.909. The van der Waals surface area contributed by atoms with Gasteiger partial charge in [-0.2, -0.15) is 5.26 Å². The van der Waals surface area contributed by atoms with E-state index in [2.05, 4.69) is 11.0 Å². The summed E-state index contributed by atoms with van der Waals surface area (Å²) in [7, 11) is 1.68. The van der Waals surface area contributed by atoms with Crippen LogP contribution in [0.1, 0.15) is 12.8 Å². The highest BCUT2D eigenvalue weighted by molar-refractivity contribution is 4.87. The summed E-state index contributed by atoms with van der Waals surface area (Å²) in [6.07, 6.45) is 2.02. The van der Waals surface area contributed by atoms with Gasteiger partial charge in [-0.25, -0.2) is 0 Å². The van der Waals surface area contributed by atoms with Crippen molar-refractivity contribution >= 4 is 0 Å². The van der Waals surface area contributed by atoms with Crippen LogP contribution in [0.15, 0.2) is 0 Å². The van der Waals surface area contributed by atoms with E-state index in [0.717, 1.165) is 39.1 Å². The van der Waals surface area contributed by atoms with Gasteiger partial charge in [0.25, 0.3) is 0 Å². The minimum atomic E-state index is 0.274. The molecule has 0 unspecified atom stereocenters. The molecule has 1 saturated heterocycles. The van der Waals surface area contributed by atoms with Crippen LogP contribution in [0.2, 0.25) is 0 Å². The number of piperidine rings is 1. The first-order valence-electron chi connectivity index (χ1n) is 5.55. The number of hydrogen-bond donors (Lipinski definition) is 0. The molecule has 1 fully saturated rings. The van der Waals surface area contributed by atoms with Gasteiger partial charge < -0.3 is 14.4 Å². The molecule has 0 aromatic rings. The van der Waals surface area contributed by atoms with Crippen molar-refractivity contribution in [2.75, 3.05) is 46.6 Å². The Morgan fingerprint density at radius 2 is 2.00 bits per heavy atom. The molecule has 0 aliphatic carbocycles. The maximum Gasteiger partial charge on any atom is 0.0700 e. The first-order valence-corrected chi connectivity index (χ1v) is 5.55. The van der Waals surface area contributed by atoms with Gasteiger partial charge in [-0.3, -0.25) is 0 Å². The number of nitriles is 1. The van der Waals surface area contributed by atoms with Crippen LogP contribution in [0.4, 0.5) is 0 Å². The molecular weight excluding hydrogens is 192 g/mol. The molecule has 86 valence electrons. The highest BCUT2D eigenvalue weighted by Gasteiger charge is 2.17. The first kappa shape index (κ1) is 12.4. The smallest absolute Gasteiger partial charge is 0.0700 e. The average molecular weight is 212 g/mol. The van der Waals surface area contributed by atoms with E-state index in [9.17, 15) is 0 Å². The fourth-order valence-corrected chi connectivity index (χ4v) is 1.72. The zero-order valence-electron chi connectivity index (χ0n) is 9.45. The van der Waals surface area contributed by atoms with Crippen molar-refractivity contribution in [1.29, 1.82) is 5.26 Å². The summed E-state index contributed by atoms with van der Waals surface area (Å²) in [5, 5.41) is 8.74. The van der Waals surface area contributed by atoms with Gasteiger partial charge in [0.2, 0.25) is 0 Å². The van der Waals surface area contributed by atoms with Crippen molar-refractivity contribution in [2.24, 2.45) is 5.92 Å². The maximum absolute atomic E-state index is 8.74. The van der Waals surface area contributed by atoms with Crippen LogP contribution in [-0.4, -0.2) is 51.5 Å². The Kier molecular flexibility index (Phi) is 6.33. The van der Waals surface area contributed by atoms with E-state index in [0.29, 0.717) is 13.2 Å². The molecule has 0 saturated carbocycles. The predicted molar refractivity (Wildman–Crippen MR) is 57.5 cm³/mol. The third-order valence-corrected chi connectivity index (χ3v) is 2.75. The molecule has 0 amide bonds. The van der Waals surface area contributed by atoms with Crippen molar-refractivity contribution in [2.45, 2.75) is 12.8 Å². The summed E-state index contributed by atoms with van der Waals surface area (Å²) in [5.41, 5.74) is 0. The van der Waals surface area contributed by atoms with Gasteiger partial charge in [-0.05, 0) is 25.9 Å².